The summed E-state index contributed by atoms with van der Waals surface area (Å²) in [5.74, 6) is 0.950. The largest absolute Gasteiger partial charge is 0.396 e. The van der Waals surface area contributed by atoms with Crippen molar-refractivity contribution in [3.8, 4) is 0 Å². The van der Waals surface area contributed by atoms with Crippen molar-refractivity contribution in [2.24, 2.45) is 4.99 Å². The zero-order chi connectivity index (χ0) is 16.4. The Balaban J connectivity index is 1.59. The van der Waals surface area contributed by atoms with Crippen molar-refractivity contribution in [2.45, 2.75) is 19.1 Å². The van der Waals surface area contributed by atoms with Gasteiger partial charge in [0, 0.05) is 37.0 Å². The number of rotatable bonds is 4. The van der Waals surface area contributed by atoms with Gasteiger partial charge in [0.15, 0.2) is 0 Å². The minimum absolute atomic E-state index is 0.0683. The Labute approximate surface area is 141 Å². The molecule has 4 rings (SSSR count). The number of aromatic nitrogens is 1. The lowest BCUT2D eigenvalue weighted by atomic mass is 10.0. The Morgan fingerprint density at radius 3 is 3.08 bits per heavy atom. The van der Waals surface area contributed by atoms with Gasteiger partial charge in [0.1, 0.15) is 5.82 Å². The molecule has 1 unspecified atom stereocenters. The monoisotopic (exact) mass is 323 g/mol. The number of benzene rings is 1. The number of aliphatic imine (C=N–C) groups is 1. The van der Waals surface area contributed by atoms with E-state index in [0.29, 0.717) is 13.0 Å². The lowest BCUT2D eigenvalue weighted by molar-refractivity contribution is 0.0244. The maximum absolute atomic E-state index is 9.13. The maximum atomic E-state index is 9.13. The van der Waals surface area contributed by atoms with Gasteiger partial charge in [-0.2, -0.15) is 0 Å². The predicted octanol–water partition coefficient (Wildman–Crippen LogP) is 2.02. The van der Waals surface area contributed by atoms with E-state index in [1.807, 2.05) is 12.3 Å². The van der Waals surface area contributed by atoms with Crippen molar-refractivity contribution < 1.29 is 9.84 Å². The molecule has 0 amide bonds. The summed E-state index contributed by atoms with van der Waals surface area (Å²) in [6, 6.07) is 12.5. The van der Waals surface area contributed by atoms with Gasteiger partial charge in [0.25, 0.3) is 0 Å². The van der Waals surface area contributed by atoms with E-state index < -0.39 is 0 Å². The fourth-order valence-corrected chi connectivity index (χ4v) is 3.37. The first kappa shape index (κ1) is 15.3. The van der Waals surface area contributed by atoms with Crippen LogP contribution in [0.4, 0.5) is 5.82 Å². The number of fused-ring (bicyclic) bond motifs is 1. The number of ether oxygens (including phenoxy) is 1. The summed E-state index contributed by atoms with van der Waals surface area (Å²) in [4.78, 5) is 11.5. The number of aliphatic hydroxyl groups is 1. The average molecular weight is 323 g/mol. The average Bonchev–Trinajstić information content (AvgIpc) is 3.07. The van der Waals surface area contributed by atoms with E-state index in [9.17, 15) is 0 Å². The van der Waals surface area contributed by atoms with E-state index in [1.54, 1.807) is 0 Å². The molecule has 0 aliphatic carbocycles. The van der Waals surface area contributed by atoms with Crippen LogP contribution in [0.2, 0.25) is 0 Å². The van der Waals surface area contributed by atoms with E-state index in [0.717, 1.165) is 36.7 Å². The third-order valence-corrected chi connectivity index (χ3v) is 4.61. The Kier molecular flexibility index (Phi) is 4.28. The van der Waals surface area contributed by atoms with E-state index >= 15 is 0 Å². The number of aliphatic hydroxyl groups excluding tert-OH is 1. The Morgan fingerprint density at radius 2 is 2.17 bits per heavy atom. The lowest BCUT2D eigenvalue weighted by Gasteiger charge is -2.33. The van der Waals surface area contributed by atoms with E-state index in [1.165, 1.54) is 11.1 Å². The number of pyridine rings is 1. The molecule has 1 fully saturated rings. The first-order valence-electron chi connectivity index (χ1n) is 8.42. The third kappa shape index (κ3) is 2.92. The molecular weight excluding hydrogens is 302 g/mol. The van der Waals surface area contributed by atoms with Crippen molar-refractivity contribution in [3.63, 3.8) is 0 Å². The molecular formula is C19H21N3O2. The van der Waals surface area contributed by atoms with Crippen LogP contribution in [0, 0.1) is 0 Å². The first-order valence-corrected chi connectivity index (χ1v) is 8.42. The molecule has 24 heavy (non-hydrogen) atoms. The summed E-state index contributed by atoms with van der Waals surface area (Å²) in [6.45, 7) is 3.15. The van der Waals surface area contributed by atoms with Crippen LogP contribution in [0.1, 0.15) is 23.1 Å². The molecule has 1 aromatic heterocycles. The summed E-state index contributed by atoms with van der Waals surface area (Å²) in [6.07, 6.45) is 2.58. The molecule has 2 aromatic rings. The van der Waals surface area contributed by atoms with E-state index in [-0.39, 0.29) is 12.7 Å². The molecule has 5 nitrogen and oxygen atoms in total. The van der Waals surface area contributed by atoms with Crippen molar-refractivity contribution in [3.05, 3.63) is 59.3 Å². The summed E-state index contributed by atoms with van der Waals surface area (Å²) >= 11 is 0. The van der Waals surface area contributed by atoms with Crippen LogP contribution >= 0.6 is 0 Å². The second-order valence-electron chi connectivity index (χ2n) is 6.18. The first-order chi connectivity index (χ1) is 11.8. The number of morpholine rings is 1. The summed E-state index contributed by atoms with van der Waals surface area (Å²) in [5, 5.41) is 9.13. The summed E-state index contributed by atoms with van der Waals surface area (Å²) < 4.78 is 5.69. The standard InChI is InChI=1S/C19H21N3O2/c23-9-6-16-13-22(8-10-24-16)18-11-14(5-7-20-18)19-17-4-2-1-3-15(17)12-21-19/h1-5,7,11,16,23H,6,8-10,12-13H2. The van der Waals surface area contributed by atoms with Crippen molar-refractivity contribution in [1.29, 1.82) is 0 Å². The number of anilines is 1. The van der Waals surface area contributed by atoms with Crippen LogP contribution in [0.5, 0.6) is 0 Å². The fraction of sp³-hybridized carbons (Fsp3) is 0.368. The number of nitrogens with zero attached hydrogens (tertiary/aromatic N) is 3. The van der Waals surface area contributed by atoms with Crippen molar-refractivity contribution in [1.82, 2.24) is 4.98 Å². The molecule has 0 spiro atoms. The lowest BCUT2D eigenvalue weighted by Crippen LogP contribution is -2.43. The molecule has 1 atom stereocenters. The van der Waals surface area contributed by atoms with Gasteiger partial charge in [0.2, 0.25) is 0 Å². The maximum Gasteiger partial charge on any atom is 0.129 e. The predicted molar refractivity (Wildman–Crippen MR) is 93.7 cm³/mol. The highest BCUT2D eigenvalue weighted by molar-refractivity contribution is 6.15. The normalized spacial score (nSPS) is 20.0. The van der Waals surface area contributed by atoms with Crippen LogP contribution in [-0.2, 0) is 11.3 Å². The van der Waals surface area contributed by atoms with Gasteiger partial charge in [-0.1, -0.05) is 24.3 Å². The zero-order valence-corrected chi connectivity index (χ0v) is 13.6. The number of hydrogen-bond acceptors (Lipinski definition) is 5. The van der Waals surface area contributed by atoms with E-state index in [4.69, 9.17) is 14.8 Å². The molecule has 0 bridgehead atoms. The molecule has 2 aliphatic heterocycles. The molecule has 2 aliphatic rings. The minimum atomic E-state index is 0.0683. The minimum Gasteiger partial charge on any atom is -0.396 e. The Bertz CT molecular complexity index is 758. The van der Waals surface area contributed by atoms with Crippen LogP contribution < -0.4 is 4.90 Å². The van der Waals surface area contributed by atoms with Gasteiger partial charge < -0.3 is 14.7 Å². The highest BCUT2D eigenvalue weighted by Crippen LogP contribution is 2.25. The van der Waals surface area contributed by atoms with Crippen molar-refractivity contribution >= 4 is 11.5 Å². The second-order valence-corrected chi connectivity index (χ2v) is 6.18. The molecule has 0 saturated carbocycles. The molecule has 5 heteroatoms. The quantitative estimate of drug-likeness (QED) is 0.935. The number of hydrogen-bond donors (Lipinski definition) is 1. The van der Waals surface area contributed by atoms with Gasteiger partial charge in [-0.15, -0.1) is 0 Å². The van der Waals surface area contributed by atoms with Crippen molar-refractivity contribution in [2.75, 3.05) is 31.2 Å². The molecule has 0 radical (unpaired) electrons. The van der Waals surface area contributed by atoms with Crippen LogP contribution in [0.15, 0.2) is 47.6 Å². The topological polar surface area (TPSA) is 58.0 Å². The Hall–Kier alpha value is -2.24. The fourth-order valence-electron chi connectivity index (χ4n) is 3.37. The van der Waals surface area contributed by atoms with Gasteiger partial charge in [-0.3, -0.25) is 4.99 Å². The highest BCUT2D eigenvalue weighted by Gasteiger charge is 2.22. The van der Waals surface area contributed by atoms with E-state index in [2.05, 4.69) is 40.2 Å². The molecule has 1 N–H and O–H groups in total. The summed E-state index contributed by atoms with van der Waals surface area (Å²) in [5.41, 5.74) is 4.65. The van der Waals surface area contributed by atoms with Crippen LogP contribution in [0.25, 0.3) is 0 Å². The Morgan fingerprint density at radius 1 is 1.25 bits per heavy atom. The van der Waals surface area contributed by atoms with Gasteiger partial charge >= 0.3 is 0 Å². The molecule has 3 heterocycles. The summed E-state index contributed by atoms with van der Waals surface area (Å²) in [7, 11) is 0. The van der Waals surface area contributed by atoms with Crippen LogP contribution in [0.3, 0.4) is 0 Å². The third-order valence-electron chi connectivity index (χ3n) is 4.61. The molecule has 124 valence electrons. The smallest absolute Gasteiger partial charge is 0.129 e. The van der Waals surface area contributed by atoms with Gasteiger partial charge in [-0.25, -0.2) is 4.98 Å². The second kappa shape index (κ2) is 6.71. The molecule has 1 aromatic carbocycles. The van der Waals surface area contributed by atoms with Gasteiger partial charge in [-0.05, 0) is 24.1 Å². The van der Waals surface area contributed by atoms with Crippen LogP contribution in [-0.4, -0.2) is 48.2 Å². The molecule has 1 saturated heterocycles. The highest BCUT2D eigenvalue weighted by atomic mass is 16.5. The zero-order valence-electron chi connectivity index (χ0n) is 13.6. The SMILES string of the molecule is OCCC1CN(c2cc(C3=NCc4ccccc43)ccn2)CCO1. The van der Waals surface area contributed by atoms with Gasteiger partial charge in [0.05, 0.1) is 25.0 Å².